The Hall–Kier alpha value is -2.35. The van der Waals surface area contributed by atoms with Crippen molar-refractivity contribution in [1.29, 1.82) is 0 Å². The van der Waals surface area contributed by atoms with Crippen molar-refractivity contribution < 1.29 is 23.1 Å². The van der Waals surface area contributed by atoms with Gasteiger partial charge in [0.15, 0.2) is 5.69 Å². The standard InChI is InChI=1S/C12H7ClF3N3O2/c13-7-2-4-9(19-10(7)11(20)21)18-6-1-3-8(17-5-6)12(14,15)16/h1-5H,(H,18,19)(H,20,21). The van der Waals surface area contributed by atoms with E-state index in [0.717, 1.165) is 18.3 Å². The molecule has 2 aromatic rings. The number of carbonyl (C=O) groups is 1. The van der Waals surface area contributed by atoms with E-state index < -0.39 is 17.8 Å². The summed E-state index contributed by atoms with van der Waals surface area (Å²) in [6.07, 6.45) is -3.55. The van der Waals surface area contributed by atoms with Crippen molar-refractivity contribution in [1.82, 2.24) is 9.97 Å². The number of nitrogens with zero attached hydrogens (tertiary/aromatic N) is 2. The second-order valence-corrected chi connectivity index (χ2v) is 4.29. The van der Waals surface area contributed by atoms with Crippen LogP contribution in [-0.4, -0.2) is 21.0 Å². The first-order valence-electron chi connectivity index (χ1n) is 5.47. The lowest BCUT2D eigenvalue weighted by atomic mass is 10.3. The quantitative estimate of drug-likeness (QED) is 0.904. The van der Waals surface area contributed by atoms with Crippen LogP contribution < -0.4 is 5.32 Å². The SMILES string of the molecule is O=C(O)c1nc(Nc2ccc(C(F)(F)F)nc2)ccc1Cl. The molecule has 5 nitrogen and oxygen atoms in total. The largest absolute Gasteiger partial charge is 0.476 e. The fourth-order valence-electron chi connectivity index (χ4n) is 1.45. The number of aromatic nitrogens is 2. The maximum Gasteiger partial charge on any atom is 0.433 e. The summed E-state index contributed by atoms with van der Waals surface area (Å²) in [6.45, 7) is 0. The number of halogens is 4. The van der Waals surface area contributed by atoms with Gasteiger partial charge >= 0.3 is 12.1 Å². The molecule has 0 radical (unpaired) electrons. The van der Waals surface area contributed by atoms with Crippen LogP contribution in [0.5, 0.6) is 0 Å². The molecule has 0 aliphatic heterocycles. The number of anilines is 2. The molecule has 21 heavy (non-hydrogen) atoms. The third kappa shape index (κ3) is 3.60. The van der Waals surface area contributed by atoms with Crippen molar-refractivity contribution in [2.45, 2.75) is 6.18 Å². The lowest BCUT2D eigenvalue weighted by Gasteiger charge is -2.09. The molecular formula is C12H7ClF3N3O2. The molecule has 2 aromatic heterocycles. The maximum atomic E-state index is 12.4. The van der Waals surface area contributed by atoms with E-state index in [9.17, 15) is 18.0 Å². The molecule has 0 fully saturated rings. The molecule has 0 saturated heterocycles. The van der Waals surface area contributed by atoms with E-state index in [2.05, 4.69) is 15.3 Å². The highest BCUT2D eigenvalue weighted by molar-refractivity contribution is 6.33. The second kappa shape index (κ2) is 5.57. The number of carboxylic acid groups (broad SMARTS) is 1. The van der Waals surface area contributed by atoms with Gasteiger partial charge in [-0.25, -0.2) is 14.8 Å². The Kier molecular flexibility index (Phi) is 3.99. The van der Waals surface area contributed by atoms with Crippen LogP contribution in [0.3, 0.4) is 0 Å². The zero-order valence-electron chi connectivity index (χ0n) is 10.1. The predicted molar refractivity (Wildman–Crippen MR) is 68.7 cm³/mol. The second-order valence-electron chi connectivity index (χ2n) is 3.89. The molecule has 0 atom stereocenters. The summed E-state index contributed by atoms with van der Waals surface area (Å²) in [5, 5.41) is 11.5. The van der Waals surface area contributed by atoms with Crippen LogP contribution in [0.2, 0.25) is 5.02 Å². The highest BCUT2D eigenvalue weighted by atomic mass is 35.5. The Balaban J connectivity index is 2.22. The lowest BCUT2D eigenvalue weighted by Crippen LogP contribution is -2.08. The van der Waals surface area contributed by atoms with E-state index in [1.807, 2.05) is 0 Å². The molecule has 0 amide bonds. The smallest absolute Gasteiger partial charge is 0.433 e. The van der Waals surface area contributed by atoms with E-state index in [1.165, 1.54) is 12.1 Å². The van der Waals surface area contributed by atoms with Crippen LogP contribution in [-0.2, 0) is 6.18 Å². The lowest BCUT2D eigenvalue weighted by molar-refractivity contribution is -0.141. The summed E-state index contributed by atoms with van der Waals surface area (Å²) in [7, 11) is 0. The molecule has 0 saturated carbocycles. The van der Waals surface area contributed by atoms with Gasteiger partial charge in [-0.1, -0.05) is 11.6 Å². The minimum Gasteiger partial charge on any atom is -0.476 e. The van der Waals surface area contributed by atoms with E-state index in [-0.39, 0.29) is 22.2 Å². The minimum absolute atomic E-state index is 0.0430. The fourth-order valence-corrected chi connectivity index (χ4v) is 1.63. The summed E-state index contributed by atoms with van der Waals surface area (Å²) >= 11 is 5.66. The molecule has 2 heterocycles. The Morgan fingerprint density at radius 3 is 2.48 bits per heavy atom. The molecule has 2 rings (SSSR count). The summed E-state index contributed by atoms with van der Waals surface area (Å²) in [4.78, 5) is 17.9. The summed E-state index contributed by atoms with van der Waals surface area (Å²) in [5.74, 6) is -1.19. The van der Waals surface area contributed by atoms with Gasteiger partial charge in [0.05, 0.1) is 16.9 Å². The van der Waals surface area contributed by atoms with E-state index in [1.54, 1.807) is 0 Å². The molecule has 0 bridgehead atoms. The Morgan fingerprint density at radius 1 is 1.24 bits per heavy atom. The highest BCUT2D eigenvalue weighted by Gasteiger charge is 2.32. The summed E-state index contributed by atoms with van der Waals surface area (Å²) in [6, 6.07) is 4.67. The molecule has 2 N–H and O–H groups in total. The van der Waals surface area contributed by atoms with Crippen molar-refractivity contribution in [3.63, 3.8) is 0 Å². The molecule has 110 valence electrons. The third-order valence-corrected chi connectivity index (χ3v) is 2.68. The monoisotopic (exact) mass is 317 g/mol. The molecule has 0 aliphatic carbocycles. The van der Waals surface area contributed by atoms with Gasteiger partial charge < -0.3 is 10.4 Å². The molecule has 0 aliphatic rings. The van der Waals surface area contributed by atoms with Gasteiger partial charge in [-0.05, 0) is 24.3 Å². The van der Waals surface area contributed by atoms with Crippen LogP contribution in [0.25, 0.3) is 0 Å². The van der Waals surface area contributed by atoms with Crippen molar-refractivity contribution in [2.75, 3.05) is 5.32 Å². The van der Waals surface area contributed by atoms with Crippen molar-refractivity contribution in [3.05, 3.63) is 46.9 Å². The number of aromatic carboxylic acids is 1. The van der Waals surface area contributed by atoms with Gasteiger partial charge in [0.2, 0.25) is 0 Å². The first-order chi connectivity index (χ1) is 9.77. The van der Waals surface area contributed by atoms with Crippen LogP contribution in [0, 0.1) is 0 Å². The first-order valence-corrected chi connectivity index (χ1v) is 5.85. The first kappa shape index (κ1) is 15.0. The van der Waals surface area contributed by atoms with E-state index in [0.29, 0.717) is 0 Å². The number of nitrogens with one attached hydrogen (secondary N) is 1. The van der Waals surface area contributed by atoms with Crippen LogP contribution in [0.15, 0.2) is 30.5 Å². The average Bonchev–Trinajstić information content (AvgIpc) is 2.40. The van der Waals surface area contributed by atoms with Crippen molar-refractivity contribution in [2.24, 2.45) is 0 Å². The van der Waals surface area contributed by atoms with Gasteiger partial charge in [-0.2, -0.15) is 13.2 Å². The zero-order valence-corrected chi connectivity index (χ0v) is 10.9. The minimum atomic E-state index is -4.52. The van der Waals surface area contributed by atoms with Gasteiger partial charge in [-0.3, -0.25) is 0 Å². The number of rotatable bonds is 3. The number of alkyl halides is 3. The molecular weight excluding hydrogens is 311 g/mol. The molecule has 0 aromatic carbocycles. The van der Waals surface area contributed by atoms with Crippen molar-refractivity contribution >= 4 is 29.1 Å². The third-order valence-electron chi connectivity index (χ3n) is 2.37. The number of pyridine rings is 2. The van der Waals surface area contributed by atoms with Gasteiger partial charge in [0.1, 0.15) is 11.5 Å². The topological polar surface area (TPSA) is 75.1 Å². The fraction of sp³-hybridized carbons (Fsp3) is 0.0833. The zero-order chi connectivity index (χ0) is 15.6. The van der Waals surface area contributed by atoms with Crippen LogP contribution >= 0.6 is 11.6 Å². The number of hydrogen-bond acceptors (Lipinski definition) is 4. The summed E-state index contributed by atoms with van der Waals surface area (Å²) in [5.41, 5.74) is -1.15. The van der Waals surface area contributed by atoms with Crippen LogP contribution in [0.4, 0.5) is 24.7 Å². The Bertz CT molecular complexity index is 674. The number of hydrogen-bond donors (Lipinski definition) is 2. The van der Waals surface area contributed by atoms with E-state index in [4.69, 9.17) is 16.7 Å². The normalized spacial score (nSPS) is 11.2. The van der Waals surface area contributed by atoms with Gasteiger partial charge in [0, 0.05) is 0 Å². The Labute approximate surface area is 121 Å². The maximum absolute atomic E-state index is 12.4. The highest BCUT2D eigenvalue weighted by Crippen LogP contribution is 2.28. The predicted octanol–water partition coefficient (Wildman–Crippen LogP) is 3.59. The summed E-state index contributed by atoms with van der Waals surface area (Å²) < 4.78 is 37.1. The van der Waals surface area contributed by atoms with Gasteiger partial charge in [-0.15, -0.1) is 0 Å². The number of carboxylic acids is 1. The van der Waals surface area contributed by atoms with E-state index >= 15 is 0 Å². The molecule has 0 unspecified atom stereocenters. The average molecular weight is 318 g/mol. The molecule has 9 heteroatoms. The van der Waals surface area contributed by atoms with Gasteiger partial charge in [0.25, 0.3) is 0 Å². The molecule has 0 spiro atoms. The van der Waals surface area contributed by atoms with Crippen LogP contribution in [0.1, 0.15) is 16.2 Å². The van der Waals surface area contributed by atoms with Crippen molar-refractivity contribution in [3.8, 4) is 0 Å². The Morgan fingerprint density at radius 2 is 1.95 bits per heavy atom.